The number of anilines is 1. The molecule has 0 aliphatic heterocycles. The molecule has 1 aromatic heterocycles. The number of nitrogens with zero attached hydrogens (tertiary/aromatic N) is 1. The van der Waals surface area contributed by atoms with Crippen molar-refractivity contribution < 1.29 is 21.6 Å². The van der Waals surface area contributed by atoms with Gasteiger partial charge in [0.15, 0.2) is 9.84 Å². The monoisotopic (exact) mass is 410 g/mol. The first-order chi connectivity index (χ1) is 13.0. The molecule has 1 heterocycles. The smallest absolute Gasteiger partial charge is 0.399 e. The van der Waals surface area contributed by atoms with E-state index in [1.165, 1.54) is 48.0 Å². The number of fused-ring (bicyclic) bond motifs is 1. The van der Waals surface area contributed by atoms with Gasteiger partial charge in [-0.15, -0.1) is 0 Å². The lowest BCUT2D eigenvalue weighted by Crippen LogP contribution is -2.22. The van der Waals surface area contributed by atoms with Crippen LogP contribution >= 0.6 is 0 Å². The predicted molar refractivity (Wildman–Crippen MR) is 101 cm³/mol. The molecule has 0 aliphatic carbocycles. The SMILES string of the molecule is CCS(=O)(=O)c1ccc(N)cc1Cn1ccc2ccc(C(F)(F)F)cc2c1=O. The second-order valence-corrected chi connectivity index (χ2v) is 8.57. The van der Waals surface area contributed by atoms with E-state index < -0.39 is 27.1 Å². The molecule has 5 nitrogen and oxygen atoms in total. The molecule has 28 heavy (non-hydrogen) atoms. The normalized spacial score (nSPS) is 12.4. The molecule has 0 bridgehead atoms. The van der Waals surface area contributed by atoms with E-state index in [0.29, 0.717) is 16.6 Å². The van der Waals surface area contributed by atoms with Crippen LogP contribution in [0.3, 0.4) is 0 Å². The van der Waals surface area contributed by atoms with Crippen LogP contribution < -0.4 is 11.3 Å². The number of sulfone groups is 1. The summed E-state index contributed by atoms with van der Waals surface area (Å²) in [4.78, 5) is 12.8. The molecule has 3 aromatic rings. The van der Waals surface area contributed by atoms with Crippen molar-refractivity contribution in [1.29, 1.82) is 0 Å². The molecule has 148 valence electrons. The number of rotatable bonds is 4. The first-order valence-electron chi connectivity index (χ1n) is 8.34. The molecular weight excluding hydrogens is 393 g/mol. The minimum Gasteiger partial charge on any atom is -0.399 e. The zero-order chi connectivity index (χ0) is 20.7. The van der Waals surface area contributed by atoms with Gasteiger partial charge in [-0.2, -0.15) is 13.2 Å². The highest BCUT2D eigenvalue weighted by molar-refractivity contribution is 7.91. The summed E-state index contributed by atoms with van der Waals surface area (Å²) in [5, 5.41) is 0.268. The largest absolute Gasteiger partial charge is 0.416 e. The highest BCUT2D eigenvalue weighted by Gasteiger charge is 2.30. The molecule has 0 amide bonds. The Labute approximate surface area is 159 Å². The maximum atomic E-state index is 13.0. The van der Waals surface area contributed by atoms with Crippen LogP contribution in [-0.4, -0.2) is 18.7 Å². The van der Waals surface area contributed by atoms with E-state index in [2.05, 4.69) is 0 Å². The quantitative estimate of drug-likeness (QED) is 0.668. The molecule has 9 heteroatoms. The number of alkyl halides is 3. The Morgan fingerprint density at radius 2 is 1.79 bits per heavy atom. The van der Waals surface area contributed by atoms with E-state index in [-0.39, 0.29) is 22.6 Å². The van der Waals surface area contributed by atoms with Crippen LogP contribution in [0, 0.1) is 0 Å². The summed E-state index contributed by atoms with van der Waals surface area (Å²) in [7, 11) is -3.57. The standard InChI is InChI=1S/C19H17F3N2O3S/c1-2-28(26,27)17-6-5-15(23)9-13(17)11-24-8-7-12-3-4-14(19(20,21)22)10-16(12)18(24)25/h3-10H,2,11,23H2,1H3. The fourth-order valence-electron chi connectivity index (χ4n) is 2.95. The van der Waals surface area contributed by atoms with Crippen LogP contribution in [-0.2, 0) is 22.6 Å². The lowest BCUT2D eigenvalue weighted by Gasteiger charge is -2.13. The second-order valence-electron chi connectivity index (χ2n) is 6.32. The van der Waals surface area contributed by atoms with Gasteiger partial charge in [0.2, 0.25) is 0 Å². The van der Waals surface area contributed by atoms with E-state index in [1.807, 2.05) is 0 Å². The lowest BCUT2D eigenvalue weighted by atomic mass is 10.1. The number of benzene rings is 2. The fourth-order valence-corrected chi connectivity index (χ4v) is 4.06. The van der Waals surface area contributed by atoms with Gasteiger partial charge in [-0.25, -0.2) is 8.42 Å². The molecule has 0 atom stereocenters. The maximum Gasteiger partial charge on any atom is 0.416 e. The van der Waals surface area contributed by atoms with E-state index in [1.54, 1.807) is 0 Å². The van der Waals surface area contributed by atoms with Gasteiger partial charge >= 0.3 is 6.18 Å². The number of hydrogen-bond acceptors (Lipinski definition) is 4. The first-order valence-corrected chi connectivity index (χ1v) is 9.99. The fraction of sp³-hybridized carbons (Fsp3) is 0.211. The maximum absolute atomic E-state index is 13.0. The third-order valence-electron chi connectivity index (χ3n) is 4.45. The van der Waals surface area contributed by atoms with Crippen molar-refractivity contribution in [2.45, 2.75) is 24.5 Å². The molecule has 2 aromatic carbocycles. The van der Waals surface area contributed by atoms with Crippen LogP contribution in [0.2, 0.25) is 0 Å². The van der Waals surface area contributed by atoms with Crippen molar-refractivity contribution in [2.24, 2.45) is 0 Å². The van der Waals surface area contributed by atoms with Crippen molar-refractivity contribution in [1.82, 2.24) is 4.57 Å². The molecule has 0 saturated heterocycles. The summed E-state index contributed by atoms with van der Waals surface area (Å²) in [5.74, 6) is -0.133. The van der Waals surface area contributed by atoms with E-state index in [9.17, 15) is 26.4 Å². The Kier molecular flexibility index (Phi) is 4.97. The third kappa shape index (κ3) is 3.75. The Balaban J connectivity index is 2.15. The molecule has 0 aliphatic rings. The van der Waals surface area contributed by atoms with Crippen LogP contribution in [0.1, 0.15) is 18.1 Å². The summed E-state index contributed by atoms with van der Waals surface area (Å²) in [6, 6.07) is 8.73. The van der Waals surface area contributed by atoms with E-state index in [4.69, 9.17) is 5.73 Å². The van der Waals surface area contributed by atoms with Crippen LogP contribution in [0.25, 0.3) is 10.8 Å². The Morgan fingerprint density at radius 3 is 2.43 bits per heavy atom. The molecule has 2 N–H and O–H groups in total. The van der Waals surface area contributed by atoms with Gasteiger partial charge in [-0.1, -0.05) is 13.0 Å². The zero-order valence-electron chi connectivity index (χ0n) is 14.8. The zero-order valence-corrected chi connectivity index (χ0v) is 15.6. The summed E-state index contributed by atoms with van der Waals surface area (Å²) in [6.07, 6.45) is -3.15. The van der Waals surface area contributed by atoms with Crippen molar-refractivity contribution in [3.63, 3.8) is 0 Å². The highest BCUT2D eigenvalue weighted by Crippen LogP contribution is 2.30. The average molecular weight is 410 g/mol. The lowest BCUT2D eigenvalue weighted by molar-refractivity contribution is -0.137. The highest BCUT2D eigenvalue weighted by atomic mass is 32.2. The average Bonchev–Trinajstić information content (AvgIpc) is 2.63. The molecule has 0 unspecified atom stereocenters. The molecule has 0 saturated carbocycles. The third-order valence-corrected chi connectivity index (χ3v) is 6.27. The van der Waals surface area contributed by atoms with Crippen molar-refractivity contribution >= 4 is 26.3 Å². The van der Waals surface area contributed by atoms with E-state index in [0.717, 1.165) is 12.1 Å². The number of halogens is 3. The number of pyridine rings is 1. The number of nitrogens with two attached hydrogens (primary N) is 1. The van der Waals surface area contributed by atoms with Crippen LogP contribution in [0.4, 0.5) is 18.9 Å². The molecule has 3 rings (SSSR count). The topological polar surface area (TPSA) is 82.2 Å². The molecule has 0 spiro atoms. The first kappa shape index (κ1) is 19.9. The number of hydrogen-bond donors (Lipinski definition) is 1. The summed E-state index contributed by atoms with van der Waals surface area (Å²) < 4.78 is 64.7. The number of aromatic nitrogens is 1. The minimum atomic E-state index is -4.57. The van der Waals surface area contributed by atoms with Gasteiger partial charge in [0.25, 0.3) is 5.56 Å². The number of nitrogen functional groups attached to an aromatic ring is 1. The Hall–Kier alpha value is -2.81. The van der Waals surface area contributed by atoms with Gasteiger partial charge in [0.1, 0.15) is 0 Å². The molecule has 0 radical (unpaired) electrons. The molecular formula is C19H17F3N2O3S. The van der Waals surface area contributed by atoms with Crippen molar-refractivity contribution in [3.8, 4) is 0 Å². The van der Waals surface area contributed by atoms with Gasteiger partial charge in [-0.3, -0.25) is 4.79 Å². The van der Waals surface area contributed by atoms with Gasteiger partial charge in [0, 0.05) is 17.3 Å². The van der Waals surface area contributed by atoms with Crippen molar-refractivity contribution in [3.05, 3.63) is 70.1 Å². The second kappa shape index (κ2) is 6.97. The minimum absolute atomic E-state index is 0.0419. The van der Waals surface area contributed by atoms with Crippen molar-refractivity contribution in [2.75, 3.05) is 11.5 Å². The van der Waals surface area contributed by atoms with Gasteiger partial charge in [0.05, 0.1) is 22.8 Å². The Morgan fingerprint density at radius 1 is 1.07 bits per heavy atom. The predicted octanol–water partition coefficient (Wildman–Crippen LogP) is 3.44. The summed E-state index contributed by atoms with van der Waals surface area (Å²) >= 11 is 0. The Bertz CT molecular complexity index is 1220. The summed E-state index contributed by atoms with van der Waals surface area (Å²) in [6.45, 7) is 1.36. The van der Waals surface area contributed by atoms with Crippen LogP contribution in [0.5, 0.6) is 0 Å². The van der Waals surface area contributed by atoms with Gasteiger partial charge in [-0.05, 0) is 47.3 Å². The molecule has 0 fully saturated rings. The summed E-state index contributed by atoms with van der Waals surface area (Å²) in [5.41, 5.74) is 4.80. The van der Waals surface area contributed by atoms with Gasteiger partial charge < -0.3 is 10.3 Å². The van der Waals surface area contributed by atoms with E-state index >= 15 is 0 Å². The van der Waals surface area contributed by atoms with Crippen LogP contribution in [0.15, 0.2) is 58.4 Å².